The van der Waals surface area contributed by atoms with Gasteiger partial charge in [-0.2, -0.15) is 0 Å². The minimum atomic E-state index is -0.295. The van der Waals surface area contributed by atoms with E-state index in [1.807, 2.05) is 13.8 Å². The van der Waals surface area contributed by atoms with E-state index in [-0.39, 0.29) is 11.9 Å². The molecule has 0 spiro atoms. The van der Waals surface area contributed by atoms with Crippen LogP contribution in [-0.4, -0.2) is 11.9 Å². The van der Waals surface area contributed by atoms with Gasteiger partial charge in [0.05, 0.1) is 0 Å². The van der Waals surface area contributed by atoms with E-state index in [2.05, 4.69) is 0 Å². The van der Waals surface area contributed by atoms with Crippen molar-refractivity contribution in [1.29, 1.82) is 0 Å². The Morgan fingerprint density at radius 1 is 0.741 bits per heavy atom. The largest absolute Gasteiger partial charge is 0.427 e. The molecular formula is C21H22Cl2O4. The van der Waals surface area contributed by atoms with Crippen molar-refractivity contribution in [2.24, 2.45) is 0 Å². The normalized spacial score (nSPS) is 10.5. The molecule has 0 saturated heterocycles. The molecule has 0 saturated carbocycles. The van der Waals surface area contributed by atoms with Crippen molar-refractivity contribution in [2.45, 2.75) is 46.0 Å². The van der Waals surface area contributed by atoms with Crippen LogP contribution in [0.3, 0.4) is 0 Å². The van der Waals surface area contributed by atoms with Gasteiger partial charge in [-0.15, -0.1) is 0 Å². The van der Waals surface area contributed by atoms with Gasteiger partial charge in [0, 0.05) is 22.9 Å². The Morgan fingerprint density at radius 3 is 1.52 bits per heavy atom. The van der Waals surface area contributed by atoms with Crippen molar-refractivity contribution in [3.05, 3.63) is 57.6 Å². The molecule has 0 atom stereocenters. The van der Waals surface area contributed by atoms with Crippen molar-refractivity contribution >= 4 is 35.1 Å². The number of esters is 2. The van der Waals surface area contributed by atoms with Crippen LogP contribution < -0.4 is 9.47 Å². The lowest BCUT2D eigenvalue weighted by atomic mass is 10.1. The van der Waals surface area contributed by atoms with Crippen molar-refractivity contribution in [3.8, 4) is 11.5 Å². The van der Waals surface area contributed by atoms with E-state index in [0.717, 1.165) is 17.5 Å². The Labute approximate surface area is 169 Å². The molecule has 0 fully saturated rings. The molecule has 0 aromatic heterocycles. The minimum absolute atomic E-state index is 0.295. The van der Waals surface area contributed by atoms with Gasteiger partial charge in [0.1, 0.15) is 11.5 Å². The Hall–Kier alpha value is -2.04. The maximum absolute atomic E-state index is 11.8. The van der Waals surface area contributed by atoms with Gasteiger partial charge in [0.2, 0.25) is 0 Å². The molecule has 0 aliphatic rings. The van der Waals surface area contributed by atoms with Gasteiger partial charge < -0.3 is 9.47 Å². The van der Waals surface area contributed by atoms with Crippen LogP contribution in [0.15, 0.2) is 36.4 Å². The number of unbranched alkanes of at least 4 members (excludes halogenated alkanes) is 2. The molecule has 2 aromatic carbocycles. The maximum atomic E-state index is 11.8. The summed E-state index contributed by atoms with van der Waals surface area (Å²) in [5.41, 5.74) is 1.72. The Balaban J connectivity index is 1.63. The second-order valence-corrected chi connectivity index (χ2v) is 7.15. The maximum Gasteiger partial charge on any atom is 0.311 e. The van der Waals surface area contributed by atoms with Crippen molar-refractivity contribution in [3.63, 3.8) is 0 Å². The molecule has 6 heteroatoms. The average Bonchev–Trinajstić information content (AvgIpc) is 2.61. The van der Waals surface area contributed by atoms with Gasteiger partial charge >= 0.3 is 11.9 Å². The lowest BCUT2D eigenvalue weighted by Gasteiger charge is -2.07. The lowest BCUT2D eigenvalue weighted by molar-refractivity contribution is -0.134. The summed E-state index contributed by atoms with van der Waals surface area (Å²) in [5.74, 6) is 0.388. The number of hydrogen-bond donors (Lipinski definition) is 0. The number of benzene rings is 2. The first-order valence-corrected chi connectivity index (χ1v) is 9.54. The third kappa shape index (κ3) is 7.24. The summed E-state index contributed by atoms with van der Waals surface area (Å²) in [6.45, 7) is 3.70. The topological polar surface area (TPSA) is 52.6 Å². The highest BCUT2D eigenvalue weighted by atomic mass is 35.5. The molecule has 0 bridgehead atoms. The van der Waals surface area contributed by atoms with E-state index in [4.69, 9.17) is 32.7 Å². The highest BCUT2D eigenvalue weighted by Gasteiger charge is 2.09. The monoisotopic (exact) mass is 408 g/mol. The molecule has 2 aromatic rings. The second kappa shape index (κ2) is 10.3. The highest BCUT2D eigenvalue weighted by molar-refractivity contribution is 6.31. The standard InChI is InChI=1S/C21H22Cl2O4/c1-14-12-16(8-10-18(14)22)26-20(24)6-4-3-5-7-21(25)27-17-9-11-19(23)15(2)13-17/h8-13H,3-7H2,1-2H3. The van der Waals surface area contributed by atoms with Gasteiger partial charge in [0.15, 0.2) is 0 Å². The third-order valence-corrected chi connectivity index (χ3v) is 4.83. The summed E-state index contributed by atoms with van der Waals surface area (Å²) in [4.78, 5) is 23.7. The zero-order valence-corrected chi connectivity index (χ0v) is 16.9. The first kappa shape index (κ1) is 21.3. The summed E-state index contributed by atoms with van der Waals surface area (Å²) in [5, 5.41) is 1.27. The number of carbonyl (C=O) groups excluding carboxylic acids is 2. The minimum Gasteiger partial charge on any atom is -0.427 e. The van der Waals surface area contributed by atoms with Crippen LogP contribution in [0.1, 0.15) is 43.2 Å². The number of carbonyl (C=O) groups is 2. The van der Waals surface area contributed by atoms with Crippen LogP contribution in [0.4, 0.5) is 0 Å². The molecule has 144 valence electrons. The van der Waals surface area contributed by atoms with Crippen LogP contribution in [-0.2, 0) is 9.59 Å². The van der Waals surface area contributed by atoms with Gasteiger partial charge in [-0.05, 0) is 74.2 Å². The molecule has 0 aliphatic carbocycles. The molecule has 4 nitrogen and oxygen atoms in total. The van der Waals surface area contributed by atoms with Gasteiger partial charge in [-0.3, -0.25) is 9.59 Å². The molecule has 2 rings (SSSR count). The highest BCUT2D eigenvalue weighted by Crippen LogP contribution is 2.22. The quantitative estimate of drug-likeness (QED) is 0.302. The predicted octanol–water partition coefficient (Wildman–Crippen LogP) is 6.07. The van der Waals surface area contributed by atoms with Crippen LogP contribution in [0, 0.1) is 13.8 Å². The number of halogens is 2. The van der Waals surface area contributed by atoms with E-state index in [1.165, 1.54) is 0 Å². The van der Waals surface area contributed by atoms with Crippen LogP contribution in [0.25, 0.3) is 0 Å². The average molecular weight is 409 g/mol. The van der Waals surface area contributed by atoms with Crippen molar-refractivity contribution in [2.75, 3.05) is 0 Å². The zero-order chi connectivity index (χ0) is 19.8. The SMILES string of the molecule is Cc1cc(OC(=O)CCCCCC(=O)Oc2ccc(Cl)c(C)c2)ccc1Cl. The van der Waals surface area contributed by atoms with Gasteiger partial charge in [-0.1, -0.05) is 29.6 Å². The zero-order valence-electron chi connectivity index (χ0n) is 15.4. The number of hydrogen-bond acceptors (Lipinski definition) is 4. The van der Waals surface area contributed by atoms with E-state index in [1.54, 1.807) is 36.4 Å². The molecule has 0 N–H and O–H groups in total. The van der Waals surface area contributed by atoms with E-state index in [0.29, 0.717) is 47.2 Å². The first-order chi connectivity index (χ1) is 12.8. The fourth-order valence-electron chi connectivity index (χ4n) is 2.44. The third-order valence-electron chi connectivity index (χ3n) is 3.98. The summed E-state index contributed by atoms with van der Waals surface area (Å²) < 4.78 is 10.6. The second-order valence-electron chi connectivity index (χ2n) is 6.33. The van der Waals surface area contributed by atoms with Gasteiger partial charge in [0.25, 0.3) is 0 Å². The fourth-order valence-corrected chi connectivity index (χ4v) is 2.68. The molecule has 0 radical (unpaired) electrons. The molecular weight excluding hydrogens is 387 g/mol. The van der Waals surface area contributed by atoms with Crippen LogP contribution in [0.5, 0.6) is 11.5 Å². The number of aryl methyl sites for hydroxylation is 2. The summed E-state index contributed by atoms with van der Waals surface area (Å²) in [6, 6.07) is 10.2. The summed E-state index contributed by atoms with van der Waals surface area (Å²) >= 11 is 11.9. The summed E-state index contributed by atoms with van der Waals surface area (Å²) in [6.07, 6.45) is 2.64. The number of rotatable bonds is 8. The Bertz CT molecular complexity index is 750. The fraction of sp³-hybridized carbons (Fsp3) is 0.333. The van der Waals surface area contributed by atoms with Crippen molar-refractivity contribution in [1.82, 2.24) is 0 Å². The number of ether oxygens (including phenoxy) is 2. The van der Waals surface area contributed by atoms with Crippen LogP contribution >= 0.6 is 23.2 Å². The van der Waals surface area contributed by atoms with Gasteiger partial charge in [-0.25, -0.2) is 0 Å². The Kier molecular flexibility index (Phi) is 8.14. The lowest BCUT2D eigenvalue weighted by Crippen LogP contribution is -2.09. The Morgan fingerprint density at radius 2 is 1.15 bits per heavy atom. The van der Waals surface area contributed by atoms with Crippen LogP contribution in [0.2, 0.25) is 10.0 Å². The van der Waals surface area contributed by atoms with E-state index < -0.39 is 0 Å². The molecule has 0 aliphatic heterocycles. The molecule has 0 heterocycles. The van der Waals surface area contributed by atoms with E-state index >= 15 is 0 Å². The molecule has 0 amide bonds. The molecule has 0 unspecified atom stereocenters. The van der Waals surface area contributed by atoms with E-state index in [9.17, 15) is 9.59 Å². The van der Waals surface area contributed by atoms with Crippen molar-refractivity contribution < 1.29 is 19.1 Å². The smallest absolute Gasteiger partial charge is 0.311 e. The predicted molar refractivity (Wildman–Crippen MR) is 107 cm³/mol. The molecule has 27 heavy (non-hydrogen) atoms. The summed E-state index contributed by atoms with van der Waals surface area (Å²) in [7, 11) is 0. The first-order valence-electron chi connectivity index (χ1n) is 8.79.